The summed E-state index contributed by atoms with van der Waals surface area (Å²) < 4.78 is 22.0. The molecule has 0 aliphatic heterocycles. The topological polar surface area (TPSA) is 120 Å². The average molecular weight is 584 g/mol. The van der Waals surface area contributed by atoms with Gasteiger partial charge < -0.3 is 23.9 Å². The molecule has 0 spiro atoms. The first-order valence-corrected chi connectivity index (χ1v) is 14.4. The van der Waals surface area contributed by atoms with Gasteiger partial charge in [-0.15, -0.1) is 0 Å². The number of H-pyrrole nitrogens is 1. The molecule has 1 amide bonds. The number of amides is 1. The van der Waals surface area contributed by atoms with Crippen LogP contribution in [0.5, 0.6) is 17.2 Å². The number of hydrogen-bond acceptors (Lipinski definition) is 8. The Labute approximate surface area is 250 Å². The van der Waals surface area contributed by atoms with Gasteiger partial charge >= 0.3 is 6.09 Å². The highest BCUT2D eigenvalue weighted by molar-refractivity contribution is 5.87. The van der Waals surface area contributed by atoms with Crippen molar-refractivity contribution in [2.75, 3.05) is 33.3 Å². The second-order valence-electron chi connectivity index (χ2n) is 10.3. The van der Waals surface area contributed by atoms with Gasteiger partial charge in [0, 0.05) is 29.4 Å². The molecule has 10 heteroatoms. The van der Waals surface area contributed by atoms with Crippen molar-refractivity contribution in [2.45, 2.75) is 39.5 Å². The van der Waals surface area contributed by atoms with Crippen LogP contribution in [0.2, 0.25) is 0 Å². The van der Waals surface area contributed by atoms with Crippen LogP contribution in [-0.4, -0.2) is 54.0 Å². The summed E-state index contributed by atoms with van der Waals surface area (Å²) in [5.74, 6) is 3.02. The van der Waals surface area contributed by atoms with Gasteiger partial charge in [0.05, 0.1) is 39.0 Å². The van der Waals surface area contributed by atoms with Crippen LogP contribution in [-0.2, 0) is 17.6 Å². The fourth-order valence-corrected chi connectivity index (χ4v) is 5.25. The molecule has 0 saturated carbocycles. The molecule has 2 N–H and O–H groups in total. The molecule has 43 heavy (non-hydrogen) atoms. The monoisotopic (exact) mass is 583 g/mol. The first-order chi connectivity index (χ1) is 21.0. The van der Waals surface area contributed by atoms with E-state index >= 15 is 0 Å². The zero-order valence-corrected chi connectivity index (χ0v) is 25.2. The van der Waals surface area contributed by atoms with Crippen molar-refractivity contribution in [1.29, 1.82) is 0 Å². The summed E-state index contributed by atoms with van der Waals surface area (Å²) in [6.07, 6.45) is 6.77. The number of aromatic nitrogens is 4. The van der Waals surface area contributed by atoms with Crippen LogP contribution in [0.15, 0.2) is 54.9 Å². The van der Waals surface area contributed by atoms with Crippen molar-refractivity contribution in [2.24, 2.45) is 5.92 Å². The number of methoxy groups -OCH3 is 3. The summed E-state index contributed by atoms with van der Waals surface area (Å²) in [5.41, 5.74) is 6.46. The highest BCUT2D eigenvalue weighted by atomic mass is 16.5. The number of pyridine rings is 2. The molecule has 0 fully saturated rings. The lowest BCUT2D eigenvalue weighted by Gasteiger charge is -2.18. The lowest BCUT2D eigenvalue weighted by molar-refractivity contribution is 0.186. The van der Waals surface area contributed by atoms with E-state index in [0.29, 0.717) is 35.2 Å². The van der Waals surface area contributed by atoms with E-state index in [4.69, 9.17) is 14.2 Å². The van der Waals surface area contributed by atoms with E-state index in [1.807, 2.05) is 36.5 Å². The number of carbonyl (C=O) groups excluding carboxylic acids is 1. The Balaban J connectivity index is 1.26. The maximum Gasteiger partial charge on any atom is 0.413 e. The number of benzene rings is 2. The Morgan fingerprint density at radius 1 is 0.930 bits per heavy atom. The molecule has 224 valence electrons. The molecule has 2 aromatic carbocycles. The van der Waals surface area contributed by atoms with Crippen LogP contribution in [0, 0.1) is 5.92 Å². The van der Waals surface area contributed by atoms with E-state index in [9.17, 15) is 4.79 Å². The smallest absolute Gasteiger partial charge is 0.413 e. The van der Waals surface area contributed by atoms with Crippen LogP contribution in [0.25, 0.3) is 33.2 Å². The number of aromatic amines is 1. The molecular formula is C33H37N5O5. The summed E-state index contributed by atoms with van der Waals surface area (Å²) in [6.45, 7) is 4.98. The van der Waals surface area contributed by atoms with E-state index in [0.717, 1.165) is 59.0 Å². The van der Waals surface area contributed by atoms with Crippen LogP contribution in [0.1, 0.15) is 37.8 Å². The van der Waals surface area contributed by atoms with Crippen molar-refractivity contribution >= 4 is 34.1 Å². The number of anilines is 1. The van der Waals surface area contributed by atoms with Gasteiger partial charge in [-0.2, -0.15) is 4.98 Å². The number of aryl methyl sites for hydroxylation is 1. The van der Waals surface area contributed by atoms with Gasteiger partial charge in [0.15, 0.2) is 17.1 Å². The van der Waals surface area contributed by atoms with Crippen LogP contribution in [0.4, 0.5) is 10.7 Å². The molecule has 0 aliphatic rings. The predicted molar refractivity (Wildman–Crippen MR) is 167 cm³/mol. The first kappa shape index (κ1) is 29.6. The minimum absolute atomic E-state index is 0.284. The second kappa shape index (κ2) is 13.4. The summed E-state index contributed by atoms with van der Waals surface area (Å²) in [5, 5.41) is 3.62. The maximum absolute atomic E-state index is 11.5. The standard InChI is InChI=1S/C33H37N5O5/c1-6-20(14-23-10-12-34-26-18-30(41-4)29(40-3)17-25(23)26)11-13-43-28-9-8-22(15-21(28)7-2)24-16-27-31(35-19-24)37-32(36-27)38-33(39)42-5/h8-10,12,15-20H,6-7,11,13-14H2,1-5H3,(H2,35,36,37,38,39). The van der Waals surface area contributed by atoms with Crippen LogP contribution >= 0.6 is 0 Å². The Kier molecular flexibility index (Phi) is 9.24. The van der Waals surface area contributed by atoms with Gasteiger partial charge in [-0.05, 0) is 72.2 Å². The maximum atomic E-state index is 11.5. The molecule has 1 atom stereocenters. The van der Waals surface area contributed by atoms with Crippen molar-refractivity contribution in [3.05, 3.63) is 66.0 Å². The molecule has 10 nitrogen and oxygen atoms in total. The van der Waals surface area contributed by atoms with E-state index in [1.165, 1.54) is 12.7 Å². The van der Waals surface area contributed by atoms with Crippen molar-refractivity contribution in [3.8, 4) is 28.4 Å². The number of nitrogens with zero attached hydrogens (tertiary/aromatic N) is 3. The average Bonchev–Trinajstić information content (AvgIpc) is 3.45. The van der Waals surface area contributed by atoms with Gasteiger partial charge in [-0.3, -0.25) is 10.3 Å². The lowest BCUT2D eigenvalue weighted by Crippen LogP contribution is -2.11. The molecule has 0 radical (unpaired) electrons. The minimum Gasteiger partial charge on any atom is -0.493 e. The Hall–Kier alpha value is -4.86. The number of ether oxygens (including phenoxy) is 4. The van der Waals surface area contributed by atoms with Crippen molar-refractivity contribution in [1.82, 2.24) is 19.9 Å². The van der Waals surface area contributed by atoms with Gasteiger partial charge in [0.1, 0.15) is 5.75 Å². The molecule has 3 heterocycles. The number of hydrogen-bond donors (Lipinski definition) is 2. The predicted octanol–water partition coefficient (Wildman–Crippen LogP) is 6.97. The Morgan fingerprint density at radius 2 is 1.74 bits per heavy atom. The zero-order valence-electron chi connectivity index (χ0n) is 25.2. The third kappa shape index (κ3) is 6.63. The minimum atomic E-state index is -0.597. The molecule has 5 aromatic rings. The van der Waals surface area contributed by atoms with Gasteiger partial charge in [-0.1, -0.05) is 26.3 Å². The molecule has 1 unspecified atom stereocenters. The molecule has 3 aromatic heterocycles. The van der Waals surface area contributed by atoms with E-state index in [1.54, 1.807) is 20.4 Å². The van der Waals surface area contributed by atoms with Crippen molar-refractivity contribution in [3.63, 3.8) is 0 Å². The van der Waals surface area contributed by atoms with Gasteiger partial charge in [-0.25, -0.2) is 9.78 Å². The fourth-order valence-electron chi connectivity index (χ4n) is 5.25. The van der Waals surface area contributed by atoms with Crippen molar-refractivity contribution < 1.29 is 23.7 Å². The van der Waals surface area contributed by atoms with Crippen LogP contribution < -0.4 is 19.5 Å². The first-order valence-electron chi connectivity index (χ1n) is 14.4. The Bertz CT molecular complexity index is 1730. The lowest BCUT2D eigenvalue weighted by atomic mass is 9.92. The number of carbonyl (C=O) groups is 1. The zero-order chi connectivity index (χ0) is 30.3. The van der Waals surface area contributed by atoms with Crippen LogP contribution in [0.3, 0.4) is 0 Å². The second-order valence-corrected chi connectivity index (χ2v) is 10.3. The molecular weight excluding hydrogens is 546 g/mol. The highest BCUT2D eigenvalue weighted by Crippen LogP contribution is 2.34. The molecule has 0 bridgehead atoms. The number of fused-ring (bicyclic) bond motifs is 2. The molecule has 5 rings (SSSR count). The summed E-state index contributed by atoms with van der Waals surface area (Å²) in [7, 11) is 4.59. The Morgan fingerprint density at radius 3 is 2.49 bits per heavy atom. The van der Waals surface area contributed by atoms with E-state index in [2.05, 4.69) is 56.0 Å². The third-order valence-electron chi connectivity index (χ3n) is 7.72. The van der Waals surface area contributed by atoms with E-state index < -0.39 is 6.09 Å². The largest absolute Gasteiger partial charge is 0.493 e. The quantitative estimate of drug-likeness (QED) is 0.162. The normalized spacial score (nSPS) is 11.8. The fraction of sp³-hybridized carbons (Fsp3) is 0.333. The highest BCUT2D eigenvalue weighted by Gasteiger charge is 2.15. The number of nitrogens with one attached hydrogen (secondary N) is 2. The summed E-state index contributed by atoms with van der Waals surface area (Å²) in [6, 6.07) is 14.2. The van der Waals surface area contributed by atoms with Gasteiger partial charge in [0.2, 0.25) is 5.95 Å². The third-order valence-corrected chi connectivity index (χ3v) is 7.72. The number of imidazole rings is 1. The number of rotatable bonds is 12. The summed E-state index contributed by atoms with van der Waals surface area (Å²) in [4.78, 5) is 27.9. The SMILES string of the molecule is CCc1cc(-c2cnc3nc(NC(=O)OC)[nH]c3c2)ccc1OCCC(CC)Cc1ccnc2cc(OC)c(OC)cc12. The molecule has 0 saturated heterocycles. The molecule has 0 aliphatic carbocycles. The van der Waals surface area contributed by atoms with E-state index in [-0.39, 0.29) is 5.95 Å². The summed E-state index contributed by atoms with van der Waals surface area (Å²) >= 11 is 0. The van der Waals surface area contributed by atoms with Gasteiger partial charge in [0.25, 0.3) is 0 Å².